The first-order chi connectivity index (χ1) is 6.54. The van der Waals surface area contributed by atoms with Gasteiger partial charge in [-0.25, -0.2) is 0 Å². The second-order valence-electron chi connectivity index (χ2n) is 2.97. The maximum Gasteiger partial charge on any atom is 0.392 e. The number of rotatable bonds is 4. The number of nitrogens with zero attached hydrogens (tertiary/aromatic N) is 3. The summed E-state index contributed by atoms with van der Waals surface area (Å²) >= 11 is 5.54. The molecular weight excluding hydrogens is 206 g/mol. The Morgan fingerprint density at radius 3 is 2.93 bits per heavy atom. The summed E-state index contributed by atoms with van der Waals surface area (Å²) in [5.74, 6) is 0.208. The molecule has 0 aliphatic heterocycles. The van der Waals surface area contributed by atoms with Gasteiger partial charge in [-0.2, -0.15) is 4.68 Å². The fraction of sp³-hybridized carbons (Fsp3) is 0.375. The van der Waals surface area contributed by atoms with Crippen LogP contribution in [-0.4, -0.2) is 20.6 Å². The van der Waals surface area contributed by atoms with Crippen LogP contribution in [0.1, 0.15) is 5.56 Å². The highest BCUT2D eigenvalue weighted by Gasteiger charge is 2.16. The summed E-state index contributed by atoms with van der Waals surface area (Å²) < 4.78 is 1.47. The van der Waals surface area contributed by atoms with E-state index in [0.717, 1.165) is 5.57 Å². The molecule has 76 valence electrons. The summed E-state index contributed by atoms with van der Waals surface area (Å²) in [6.45, 7) is 5.75. The summed E-state index contributed by atoms with van der Waals surface area (Å²) in [6, 6.07) is 0. The number of nitro groups is 1. The molecule has 1 rings (SSSR count). The number of halogens is 1. The van der Waals surface area contributed by atoms with E-state index in [1.54, 1.807) is 13.1 Å². The normalized spacial score (nSPS) is 10.1. The Balaban J connectivity index is 2.86. The van der Waals surface area contributed by atoms with Crippen molar-refractivity contribution in [2.45, 2.75) is 13.5 Å². The Labute approximate surface area is 86.1 Å². The van der Waals surface area contributed by atoms with Crippen molar-refractivity contribution in [3.63, 3.8) is 0 Å². The molecular formula is C8H10ClN3O2. The van der Waals surface area contributed by atoms with E-state index in [0.29, 0.717) is 18.0 Å². The zero-order chi connectivity index (χ0) is 10.7. The Kier molecular flexibility index (Phi) is 3.24. The minimum Gasteiger partial charge on any atom is -0.358 e. The first-order valence-corrected chi connectivity index (χ1v) is 4.49. The molecule has 14 heavy (non-hydrogen) atoms. The Morgan fingerprint density at radius 2 is 2.50 bits per heavy atom. The Bertz CT molecular complexity index is 373. The predicted octanol–water partition coefficient (Wildman–Crippen LogP) is 1.89. The number of aryl methyl sites for hydroxylation is 1. The number of alkyl halides is 1. The second kappa shape index (κ2) is 4.23. The van der Waals surface area contributed by atoms with Gasteiger partial charge in [0, 0.05) is 5.88 Å². The molecule has 0 fully saturated rings. The molecule has 0 saturated carbocycles. The lowest BCUT2D eigenvalue weighted by molar-refractivity contribution is -0.390. The average Bonchev–Trinajstić information content (AvgIpc) is 2.46. The third-order valence-corrected chi connectivity index (χ3v) is 2.04. The van der Waals surface area contributed by atoms with Crippen LogP contribution in [0, 0.1) is 17.0 Å². The monoisotopic (exact) mass is 215 g/mol. The van der Waals surface area contributed by atoms with Crippen molar-refractivity contribution in [2.24, 2.45) is 0 Å². The molecule has 0 saturated heterocycles. The van der Waals surface area contributed by atoms with Gasteiger partial charge in [0.15, 0.2) is 0 Å². The zero-order valence-corrected chi connectivity index (χ0v) is 8.49. The van der Waals surface area contributed by atoms with Gasteiger partial charge >= 0.3 is 5.82 Å². The molecule has 0 atom stereocenters. The third kappa shape index (κ3) is 2.32. The van der Waals surface area contributed by atoms with E-state index in [4.69, 9.17) is 11.6 Å². The van der Waals surface area contributed by atoms with Gasteiger partial charge in [-0.1, -0.05) is 6.58 Å². The van der Waals surface area contributed by atoms with Crippen molar-refractivity contribution in [1.82, 2.24) is 9.78 Å². The van der Waals surface area contributed by atoms with Gasteiger partial charge < -0.3 is 10.1 Å². The fourth-order valence-corrected chi connectivity index (χ4v) is 1.13. The summed E-state index contributed by atoms with van der Waals surface area (Å²) in [5.41, 5.74) is 1.31. The number of hydrogen-bond donors (Lipinski definition) is 0. The van der Waals surface area contributed by atoms with Gasteiger partial charge in [0.1, 0.15) is 0 Å². The van der Waals surface area contributed by atoms with Crippen LogP contribution in [0.25, 0.3) is 0 Å². The predicted molar refractivity (Wildman–Crippen MR) is 53.5 cm³/mol. The van der Waals surface area contributed by atoms with E-state index in [9.17, 15) is 10.1 Å². The van der Waals surface area contributed by atoms with Gasteiger partial charge in [0.25, 0.3) is 0 Å². The van der Waals surface area contributed by atoms with Gasteiger partial charge in [-0.05, 0) is 17.4 Å². The van der Waals surface area contributed by atoms with Gasteiger partial charge in [-0.3, -0.25) is 0 Å². The lowest BCUT2D eigenvalue weighted by atomic mass is 10.3. The lowest BCUT2D eigenvalue weighted by Crippen LogP contribution is -2.02. The minimum absolute atomic E-state index is 0.118. The van der Waals surface area contributed by atoms with Gasteiger partial charge in [0.2, 0.25) is 0 Å². The van der Waals surface area contributed by atoms with E-state index in [1.807, 2.05) is 0 Å². The van der Waals surface area contributed by atoms with E-state index in [1.165, 1.54) is 4.68 Å². The van der Waals surface area contributed by atoms with Crippen LogP contribution in [0.3, 0.4) is 0 Å². The van der Waals surface area contributed by atoms with E-state index in [-0.39, 0.29) is 5.82 Å². The van der Waals surface area contributed by atoms with Crippen LogP contribution >= 0.6 is 11.6 Å². The SMILES string of the molecule is C=C(CCl)Cn1cc(C)c([N+](=O)[O-])n1. The van der Waals surface area contributed by atoms with Crippen molar-refractivity contribution >= 4 is 17.4 Å². The maximum atomic E-state index is 10.5. The van der Waals surface area contributed by atoms with E-state index in [2.05, 4.69) is 11.7 Å². The molecule has 6 heteroatoms. The molecule has 0 radical (unpaired) electrons. The second-order valence-corrected chi connectivity index (χ2v) is 3.24. The standard InChI is InChI=1S/C8H10ClN3O2/c1-6(3-9)4-11-5-7(2)8(10-11)12(13)14/h5H,1,3-4H2,2H3. The number of allylic oxidation sites excluding steroid dienone is 1. The highest BCUT2D eigenvalue weighted by Crippen LogP contribution is 2.14. The van der Waals surface area contributed by atoms with Crippen molar-refractivity contribution in [1.29, 1.82) is 0 Å². The smallest absolute Gasteiger partial charge is 0.358 e. The topological polar surface area (TPSA) is 61.0 Å². The summed E-state index contributed by atoms with van der Waals surface area (Å²) in [4.78, 5) is 9.97. The fourth-order valence-electron chi connectivity index (χ4n) is 1.04. The zero-order valence-electron chi connectivity index (χ0n) is 7.73. The van der Waals surface area contributed by atoms with Gasteiger partial charge in [-0.15, -0.1) is 11.6 Å². The van der Waals surface area contributed by atoms with Crippen molar-refractivity contribution in [2.75, 3.05) is 5.88 Å². The summed E-state index contributed by atoms with van der Waals surface area (Å²) in [7, 11) is 0. The highest BCUT2D eigenvalue weighted by atomic mass is 35.5. The summed E-state index contributed by atoms with van der Waals surface area (Å²) in [5, 5.41) is 14.3. The molecule has 0 aliphatic rings. The van der Waals surface area contributed by atoms with Crippen LogP contribution in [0.4, 0.5) is 5.82 Å². The minimum atomic E-state index is -0.505. The number of hydrogen-bond acceptors (Lipinski definition) is 3. The summed E-state index contributed by atoms with van der Waals surface area (Å²) in [6.07, 6.45) is 1.61. The largest absolute Gasteiger partial charge is 0.392 e. The van der Waals surface area contributed by atoms with Crippen molar-refractivity contribution < 1.29 is 4.92 Å². The molecule has 0 unspecified atom stereocenters. The van der Waals surface area contributed by atoms with E-state index >= 15 is 0 Å². The molecule has 1 aromatic rings. The van der Waals surface area contributed by atoms with Crippen molar-refractivity contribution in [3.05, 3.63) is 34.0 Å². The van der Waals surface area contributed by atoms with Crippen molar-refractivity contribution in [3.8, 4) is 0 Å². The lowest BCUT2D eigenvalue weighted by Gasteiger charge is -1.95. The molecule has 0 N–H and O–H groups in total. The molecule has 5 nitrogen and oxygen atoms in total. The van der Waals surface area contributed by atoms with Crippen LogP contribution < -0.4 is 0 Å². The molecule has 0 aromatic carbocycles. The number of aromatic nitrogens is 2. The van der Waals surface area contributed by atoms with Crippen LogP contribution in [0.2, 0.25) is 0 Å². The highest BCUT2D eigenvalue weighted by molar-refractivity contribution is 6.19. The molecule has 1 aromatic heterocycles. The first-order valence-electron chi connectivity index (χ1n) is 3.95. The van der Waals surface area contributed by atoms with Crippen LogP contribution in [0.15, 0.2) is 18.3 Å². The quantitative estimate of drug-likeness (QED) is 0.334. The first kappa shape index (κ1) is 10.7. The molecule has 0 bridgehead atoms. The van der Waals surface area contributed by atoms with Gasteiger partial charge in [0.05, 0.1) is 23.4 Å². The van der Waals surface area contributed by atoms with Crippen LogP contribution in [-0.2, 0) is 6.54 Å². The Morgan fingerprint density at radius 1 is 1.86 bits per heavy atom. The molecule has 1 heterocycles. The Hall–Kier alpha value is -1.36. The molecule has 0 aliphatic carbocycles. The van der Waals surface area contributed by atoms with Crippen LogP contribution in [0.5, 0.6) is 0 Å². The maximum absolute atomic E-state index is 10.5. The molecule has 0 spiro atoms. The third-order valence-electron chi connectivity index (χ3n) is 1.67. The average molecular weight is 216 g/mol. The molecule has 0 amide bonds. The van der Waals surface area contributed by atoms with E-state index < -0.39 is 4.92 Å².